The third kappa shape index (κ3) is 6.14. The first-order valence-electron chi connectivity index (χ1n) is 6.43. The van der Waals surface area contributed by atoms with Crippen LogP contribution in [0.25, 0.3) is 0 Å². The Balaban J connectivity index is 1.68. The number of thioether (sulfide) groups is 1. The summed E-state index contributed by atoms with van der Waals surface area (Å²) in [6.07, 6.45) is 1.64. The number of hydrogen-bond acceptors (Lipinski definition) is 3. The number of hydrogen-bond donors (Lipinski definition) is 1. The Bertz CT molecular complexity index is 599. The zero-order valence-electron chi connectivity index (χ0n) is 11.3. The van der Waals surface area contributed by atoms with E-state index in [4.69, 9.17) is 0 Å². The summed E-state index contributed by atoms with van der Waals surface area (Å²) in [4.78, 5) is 11.6. The van der Waals surface area contributed by atoms with E-state index < -0.39 is 0 Å². The number of rotatable bonds is 6. The largest absolute Gasteiger partial charge is 0.272 e. The summed E-state index contributed by atoms with van der Waals surface area (Å²) in [6, 6.07) is 17.7. The summed E-state index contributed by atoms with van der Waals surface area (Å²) >= 11 is 4.96. The van der Waals surface area contributed by atoms with Crippen molar-refractivity contribution in [2.24, 2.45) is 5.10 Å². The van der Waals surface area contributed by atoms with E-state index in [1.807, 2.05) is 54.6 Å². The molecule has 0 aliphatic heterocycles. The fraction of sp³-hybridized carbons (Fsp3) is 0.125. The summed E-state index contributed by atoms with van der Waals surface area (Å²) in [7, 11) is 0. The molecule has 0 heterocycles. The summed E-state index contributed by atoms with van der Waals surface area (Å²) in [5.41, 5.74) is 4.69. The lowest BCUT2D eigenvalue weighted by molar-refractivity contribution is -0.118. The van der Waals surface area contributed by atoms with Crippen LogP contribution >= 0.6 is 27.7 Å². The van der Waals surface area contributed by atoms with Crippen molar-refractivity contribution in [1.82, 2.24) is 5.43 Å². The quantitative estimate of drug-likeness (QED) is 0.626. The first kappa shape index (κ1) is 15.8. The second-order valence-corrected chi connectivity index (χ2v) is 6.22. The Morgan fingerprint density at radius 3 is 2.57 bits per heavy atom. The smallest absolute Gasteiger partial charge is 0.250 e. The Kier molecular flexibility index (Phi) is 6.50. The Labute approximate surface area is 137 Å². The molecule has 0 spiro atoms. The van der Waals surface area contributed by atoms with Gasteiger partial charge in [0, 0.05) is 10.2 Å². The highest BCUT2D eigenvalue weighted by molar-refractivity contribution is 9.10. The van der Waals surface area contributed by atoms with Crippen molar-refractivity contribution < 1.29 is 4.79 Å². The summed E-state index contributed by atoms with van der Waals surface area (Å²) < 4.78 is 1.06. The van der Waals surface area contributed by atoms with Gasteiger partial charge in [-0.1, -0.05) is 58.4 Å². The Morgan fingerprint density at radius 2 is 1.86 bits per heavy atom. The molecule has 0 atom stereocenters. The lowest BCUT2D eigenvalue weighted by Gasteiger charge is -2.01. The van der Waals surface area contributed by atoms with E-state index in [0.29, 0.717) is 5.75 Å². The van der Waals surface area contributed by atoms with Gasteiger partial charge in [0.25, 0.3) is 0 Å². The zero-order chi connectivity index (χ0) is 14.9. The third-order valence-electron chi connectivity index (χ3n) is 2.62. The second kappa shape index (κ2) is 8.64. The fourth-order valence-corrected chi connectivity index (χ4v) is 2.64. The van der Waals surface area contributed by atoms with Crippen LogP contribution in [0.5, 0.6) is 0 Å². The minimum Gasteiger partial charge on any atom is -0.272 e. The maximum absolute atomic E-state index is 11.6. The molecule has 0 radical (unpaired) electrons. The van der Waals surface area contributed by atoms with Gasteiger partial charge in [-0.2, -0.15) is 5.10 Å². The van der Waals surface area contributed by atoms with Crippen molar-refractivity contribution in [2.45, 2.75) is 5.75 Å². The molecule has 0 saturated carbocycles. The SMILES string of the molecule is O=C(CSCc1ccc(Br)cc1)NN=Cc1ccccc1. The van der Waals surface area contributed by atoms with Crippen LogP contribution in [0.3, 0.4) is 0 Å². The maximum atomic E-state index is 11.6. The van der Waals surface area contributed by atoms with Gasteiger partial charge < -0.3 is 0 Å². The van der Waals surface area contributed by atoms with Gasteiger partial charge in [0.05, 0.1) is 12.0 Å². The molecule has 1 amide bonds. The fourth-order valence-electron chi connectivity index (χ4n) is 1.59. The average Bonchev–Trinajstić information content (AvgIpc) is 2.50. The van der Waals surface area contributed by atoms with Gasteiger partial charge in [-0.15, -0.1) is 11.8 Å². The van der Waals surface area contributed by atoms with Crippen molar-refractivity contribution in [3.05, 3.63) is 70.2 Å². The van der Waals surface area contributed by atoms with Crippen LogP contribution in [-0.2, 0) is 10.5 Å². The molecule has 0 saturated heterocycles. The number of amides is 1. The minimum atomic E-state index is -0.0932. The standard InChI is InChI=1S/C16H15BrN2OS/c17-15-8-6-14(7-9-15)11-21-12-16(20)19-18-10-13-4-2-1-3-5-13/h1-10H,11-12H2,(H,19,20). The van der Waals surface area contributed by atoms with Gasteiger partial charge in [0.2, 0.25) is 5.91 Å². The van der Waals surface area contributed by atoms with Crippen molar-refractivity contribution in [2.75, 3.05) is 5.75 Å². The predicted octanol–water partition coefficient (Wildman–Crippen LogP) is 3.83. The molecule has 5 heteroatoms. The van der Waals surface area contributed by atoms with E-state index in [1.165, 1.54) is 5.56 Å². The molecule has 0 aliphatic carbocycles. The predicted molar refractivity (Wildman–Crippen MR) is 92.5 cm³/mol. The molecule has 0 unspecified atom stereocenters. The molecule has 2 aromatic rings. The lowest BCUT2D eigenvalue weighted by atomic mass is 10.2. The maximum Gasteiger partial charge on any atom is 0.250 e. The van der Waals surface area contributed by atoms with Crippen LogP contribution in [0.2, 0.25) is 0 Å². The van der Waals surface area contributed by atoms with Gasteiger partial charge >= 0.3 is 0 Å². The number of hydrazone groups is 1. The number of carbonyl (C=O) groups excluding carboxylic acids is 1. The molecular weight excluding hydrogens is 348 g/mol. The van der Waals surface area contributed by atoms with E-state index in [-0.39, 0.29) is 5.91 Å². The number of nitrogens with one attached hydrogen (secondary N) is 1. The molecule has 0 aliphatic rings. The average molecular weight is 363 g/mol. The van der Waals surface area contributed by atoms with Crippen molar-refractivity contribution in [3.63, 3.8) is 0 Å². The van der Waals surface area contributed by atoms with Gasteiger partial charge in [0.15, 0.2) is 0 Å². The molecule has 0 aromatic heterocycles. The monoisotopic (exact) mass is 362 g/mol. The summed E-state index contributed by atoms with van der Waals surface area (Å²) in [5, 5.41) is 3.93. The molecule has 108 valence electrons. The number of halogens is 1. The van der Waals surface area contributed by atoms with Crippen molar-refractivity contribution in [1.29, 1.82) is 0 Å². The second-order valence-electron chi connectivity index (χ2n) is 4.32. The Morgan fingerprint density at radius 1 is 1.14 bits per heavy atom. The highest BCUT2D eigenvalue weighted by Gasteiger charge is 2.00. The van der Waals surface area contributed by atoms with Crippen LogP contribution in [0.15, 0.2) is 64.2 Å². The van der Waals surface area contributed by atoms with E-state index in [1.54, 1.807) is 18.0 Å². The minimum absolute atomic E-state index is 0.0932. The molecule has 1 N–H and O–H groups in total. The summed E-state index contributed by atoms with van der Waals surface area (Å²) in [5.74, 6) is 1.11. The normalized spacial score (nSPS) is 10.7. The van der Waals surface area contributed by atoms with Crippen LogP contribution < -0.4 is 5.43 Å². The third-order valence-corrected chi connectivity index (χ3v) is 4.15. The van der Waals surface area contributed by atoms with E-state index in [9.17, 15) is 4.79 Å². The van der Waals surface area contributed by atoms with Gasteiger partial charge in [-0.05, 0) is 23.3 Å². The first-order valence-corrected chi connectivity index (χ1v) is 8.38. The highest BCUT2D eigenvalue weighted by atomic mass is 79.9. The van der Waals surface area contributed by atoms with E-state index in [2.05, 4.69) is 26.5 Å². The summed E-state index contributed by atoms with van der Waals surface area (Å²) in [6.45, 7) is 0. The van der Waals surface area contributed by atoms with Gasteiger partial charge in [-0.3, -0.25) is 4.79 Å². The van der Waals surface area contributed by atoms with Crippen LogP contribution in [-0.4, -0.2) is 17.9 Å². The van der Waals surface area contributed by atoms with Crippen molar-refractivity contribution in [3.8, 4) is 0 Å². The van der Waals surface area contributed by atoms with E-state index in [0.717, 1.165) is 15.8 Å². The van der Waals surface area contributed by atoms with Crippen LogP contribution in [0.1, 0.15) is 11.1 Å². The highest BCUT2D eigenvalue weighted by Crippen LogP contribution is 2.15. The van der Waals surface area contributed by atoms with E-state index >= 15 is 0 Å². The molecule has 2 aromatic carbocycles. The molecule has 3 nitrogen and oxygen atoms in total. The lowest BCUT2D eigenvalue weighted by Crippen LogP contribution is -2.19. The van der Waals surface area contributed by atoms with Gasteiger partial charge in [0.1, 0.15) is 0 Å². The molecular formula is C16H15BrN2OS. The number of benzene rings is 2. The van der Waals surface area contributed by atoms with Gasteiger partial charge in [-0.25, -0.2) is 5.43 Å². The molecule has 0 bridgehead atoms. The number of carbonyl (C=O) groups is 1. The van der Waals surface area contributed by atoms with Crippen molar-refractivity contribution >= 4 is 39.8 Å². The molecule has 0 fully saturated rings. The molecule has 21 heavy (non-hydrogen) atoms. The topological polar surface area (TPSA) is 41.5 Å². The molecule has 2 rings (SSSR count). The zero-order valence-corrected chi connectivity index (χ0v) is 13.7. The van der Waals surface area contributed by atoms with Crippen LogP contribution in [0, 0.1) is 0 Å². The Hall–Kier alpha value is -1.59. The van der Waals surface area contributed by atoms with Crippen LogP contribution in [0.4, 0.5) is 0 Å². The number of nitrogens with zero attached hydrogens (tertiary/aromatic N) is 1. The first-order chi connectivity index (χ1) is 10.2.